The Kier molecular flexibility index (Phi) is 12.1. The molecule has 5 heterocycles. The van der Waals surface area contributed by atoms with Crippen LogP contribution in [0.1, 0.15) is 0 Å². The maximum absolute atomic E-state index is 6.33. The Balaban J connectivity index is 1.29. The van der Waals surface area contributed by atoms with E-state index in [0.29, 0.717) is 72.3 Å². The highest BCUT2D eigenvalue weighted by molar-refractivity contribution is 6.07. The molecular formula is C52H66N12O4+4. The molecule has 0 unspecified atom stereocenters. The summed E-state index contributed by atoms with van der Waals surface area (Å²) in [6.45, 7) is 5.57. The van der Waals surface area contributed by atoms with Crippen molar-refractivity contribution in [3.8, 4) is 68.5 Å². The molecule has 16 heteroatoms. The molecule has 2 N–H and O–H groups in total. The summed E-state index contributed by atoms with van der Waals surface area (Å²) >= 11 is 0. The van der Waals surface area contributed by atoms with E-state index in [2.05, 4.69) is 94.5 Å². The molecule has 0 atom stereocenters. The molecule has 0 amide bonds. The topological polar surface area (TPSA) is 146 Å². The first-order valence-electron chi connectivity index (χ1n) is 23.2. The van der Waals surface area contributed by atoms with Crippen molar-refractivity contribution < 1.29 is 36.9 Å². The molecule has 0 radical (unpaired) electrons. The number of quaternary nitrogens is 4. The number of likely N-dealkylation sites (N-methyl/N-ethyl adjacent to an activating group) is 4. The first kappa shape index (κ1) is 46.4. The molecule has 0 aliphatic carbocycles. The zero-order valence-electron chi connectivity index (χ0n) is 41.7. The van der Waals surface area contributed by atoms with Crippen LogP contribution in [0.4, 0.5) is 0 Å². The van der Waals surface area contributed by atoms with E-state index in [1.54, 1.807) is 0 Å². The van der Waals surface area contributed by atoms with Gasteiger partial charge in [-0.25, -0.2) is 29.9 Å². The van der Waals surface area contributed by atoms with E-state index in [0.717, 1.165) is 111 Å². The number of H-pyrrole nitrogens is 2. The molecule has 7 aromatic rings. The van der Waals surface area contributed by atoms with Crippen molar-refractivity contribution in [1.29, 1.82) is 0 Å². The summed E-state index contributed by atoms with van der Waals surface area (Å²) in [5, 5.41) is 3.36. The van der Waals surface area contributed by atoms with Crippen molar-refractivity contribution >= 4 is 44.1 Å². The fourth-order valence-electron chi connectivity index (χ4n) is 7.82. The van der Waals surface area contributed by atoms with E-state index < -0.39 is 0 Å². The lowest BCUT2D eigenvalue weighted by Gasteiger charge is -2.23. The van der Waals surface area contributed by atoms with Crippen LogP contribution in [0.15, 0.2) is 72.8 Å². The number of ether oxygens (including phenoxy) is 4. The molecule has 0 saturated heterocycles. The fourth-order valence-corrected chi connectivity index (χ4v) is 7.82. The van der Waals surface area contributed by atoms with Crippen molar-refractivity contribution in [2.24, 2.45) is 0 Å². The molecule has 4 aromatic carbocycles. The molecule has 3 aromatic heterocycles. The molecule has 68 heavy (non-hydrogen) atoms. The monoisotopic (exact) mass is 923 g/mol. The summed E-state index contributed by atoms with van der Waals surface area (Å²) in [7, 11) is 25.8. The van der Waals surface area contributed by atoms with E-state index in [1.165, 1.54) is 0 Å². The number of hydrogen-bond donors (Lipinski definition) is 2. The smallest absolute Gasteiger partial charge is 0.164 e. The molecule has 0 saturated carbocycles. The van der Waals surface area contributed by atoms with E-state index >= 15 is 0 Å². The van der Waals surface area contributed by atoms with Crippen LogP contribution >= 0.6 is 0 Å². The van der Waals surface area contributed by atoms with Gasteiger partial charge in [0.2, 0.25) is 0 Å². The maximum Gasteiger partial charge on any atom is 0.164 e. The van der Waals surface area contributed by atoms with Gasteiger partial charge >= 0.3 is 0 Å². The highest BCUT2D eigenvalue weighted by Crippen LogP contribution is 2.40. The number of rotatable bonds is 16. The molecule has 354 valence electrons. The van der Waals surface area contributed by atoms with Crippen LogP contribution in [0.5, 0.6) is 23.0 Å². The zero-order chi connectivity index (χ0) is 48.2. The Morgan fingerprint density at radius 3 is 0.926 bits per heavy atom. The molecule has 0 fully saturated rings. The van der Waals surface area contributed by atoms with Gasteiger partial charge in [-0.15, -0.1) is 0 Å². The van der Waals surface area contributed by atoms with E-state index in [1.807, 2.05) is 72.8 Å². The Hall–Kier alpha value is -6.72. The third-order valence-electron chi connectivity index (χ3n) is 11.8. The predicted molar refractivity (Wildman–Crippen MR) is 270 cm³/mol. The van der Waals surface area contributed by atoms with Gasteiger partial charge in [-0.2, -0.15) is 0 Å². The van der Waals surface area contributed by atoms with Crippen molar-refractivity contribution in [3.05, 3.63) is 72.8 Å². The average Bonchev–Trinajstić information content (AvgIpc) is 3.97. The summed E-state index contributed by atoms with van der Waals surface area (Å²) in [4.78, 5) is 38.6. The molecule has 2 aliphatic heterocycles. The molecule has 8 bridgehead atoms. The fraction of sp³-hybridized carbons (Fsp3) is 0.385. The number of nitrogens with one attached hydrogen (secondary N) is 2. The number of benzene rings is 4. The van der Waals surface area contributed by atoms with Gasteiger partial charge in [0.25, 0.3) is 0 Å². The number of hydrogen-bond acceptors (Lipinski definition) is 10. The summed E-state index contributed by atoms with van der Waals surface area (Å²) in [6.07, 6.45) is 0. The van der Waals surface area contributed by atoms with Gasteiger partial charge in [0.05, 0.1) is 84.6 Å². The molecule has 2 aliphatic rings. The van der Waals surface area contributed by atoms with Gasteiger partial charge in [0, 0.05) is 43.8 Å². The second-order valence-corrected chi connectivity index (χ2v) is 21.9. The van der Waals surface area contributed by atoms with Crippen molar-refractivity contribution in [3.63, 3.8) is 0 Å². The van der Waals surface area contributed by atoms with Crippen LogP contribution in [0.2, 0.25) is 0 Å². The minimum atomic E-state index is 0.489. The normalized spacial score (nSPS) is 12.9. The summed E-state index contributed by atoms with van der Waals surface area (Å²) in [6, 6.07) is 24.1. The largest absolute Gasteiger partial charge is 0.488 e. The zero-order valence-corrected chi connectivity index (χ0v) is 41.7. The standard InChI is InChI=1S/C52H66N12O4/c1-61(2,3)21-25-65-33-13-17-37-41(29-33)49-53-45(37)58-50-43-31-35(67-27-23-63(7,8)9)15-19-39(43)47(55-50)60-52-44-32-36(68-28-24-64(10,11)12)16-20-40(44)48(56-52)59-51-42-30-34(66-26-22-62(4,5)6)14-18-38(42)46(54-51)57-49/h13-20,29-32H,21-28H2,1-12H3,(H2,53,54,55,56,57,58,59,60)/q+4. The molecule has 0 spiro atoms. The minimum absolute atomic E-state index is 0.489. The summed E-state index contributed by atoms with van der Waals surface area (Å²) in [5.41, 5.74) is 5.57. The lowest BCUT2D eigenvalue weighted by molar-refractivity contribution is -0.870. The van der Waals surface area contributed by atoms with Crippen LogP contribution < -0.4 is 18.9 Å². The molecule has 16 nitrogen and oxygen atoms in total. The maximum atomic E-state index is 6.33. The average molecular weight is 923 g/mol. The lowest BCUT2D eigenvalue weighted by Crippen LogP contribution is -2.38. The summed E-state index contributed by atoms with van der Waals surface area (Å²) in [5.74, 6) is 4.89. The van der Waals surface area contributed by atoms with Gasteiger partial charge in [0.1, 0.15) is 98.2 Å². The first-order valence-corrected chi connectivity index (χ1v) is 23.2. The van der Waals surface area contributed by atoms with Gasteiger partial charge < -0.3 is 46.8 Å². The number of fused-ring (bicyclic) bond motifs is 20. The Morgan fingerprint density at radius 2 is 0.603 bits per heavy atom. The molecular weight excluding hydrogens is 857 g/mol. The number of aromatic amines is 2. The van der Waals surface area contributed by atoms with Crippen LogP contribution in [0.3, 0.4) is 0 Å². The van der Waals surface area contributed by atoms with Gasteiger partial charge in [-0.1, -0.05) is 0 Å². The van der Waals surface area contributed by atoms with Gasteiger partial charge in [-0.3, -0.25) is 0 Å². The van der Waals surface area contributed by atoms with E-state index in [-0.39, 0.29) is 0 Å². The van der Waals surface area contributed by atoms with Crippen LogP contribution in [0, 0.1) is 0 Å². The Labute approximate surface area is 398 Å². The van der Waals surface area contributed by atoms with Crippen molar-refractivity contribution in [2.45, 2.75) is 0 Å². The highest BCUT2D eigenvalue weighted by atomic mass is 16.5. The predicted octanol–water partition coefficient (Wildman–Crippen LogP) is 7.21. The quantitative estimate of drug-likeness (QED) is 0.0955. The lowest BCUT2D eigenvalue weighted by atomic mass is 10.1. The highest BCUT2D eigenvalue weighted by Gasteiger charge is 2.25. The summed E-state index contributed by atoms with van der Waals surface area (Å²) < 4.78 is 28.5. The van der Waals surface area contributed by atoms with E-state index in [4.69, 9.17) is 48.9 Å². The Morgan fingerprint density at radius 1 is 0.324 bits per heavy atom. The van der Waals surface area contributed by atoms with E-state index in [9.17, 15) is 0 Å². The van der Waals surface area contributed by atoms with Crippen molar-refractivity contribution in [1.82, 2.24) is 39.9 Å². The Bertz CT molecular complexity index is 2990. The SMILES string of the molecule is C[N+](C)(C)CCOc1ccc2c(c1)-c1nc-2nc2[nH]c(nc3nc(nc4[nH]c(n1)c1ccc(OCC[N+](C)(C)C)cc41)-c1ccc(OCC[N+](C)(C)C)cc1-3)c1ccc(OCC[N+](C)(C)C)cc21. The van der Waals surface area contributed by atoms with Crippen LogP contribution in [-0.4, -0.2) is 195 Å². The van der Waals surface area contributed by atoms with Crippen molar-refractivity contribution in [2.75, 3.05) is 137 Å². The second kappa shape index (κ2) is 17.7. The number of aromatic nitrogens is 8. The molecule has 9 rings (SSSR count). The third-order valence-corrected chi connectivity index (χ3v) is 11.8. The third kappa shape index (κ3) is 10.7. The first-order chi connectivity index (χ1) is 32.1. The van der Waals surface area contributed by atoms with Gasteiger partial charge in [0.15, 0.2) is 23.3 Å². The van der Waals surface area contributed by atoms with Crippen LogP contribution in [-0.2, 0) is 0 Å². The number of nitrogens with zero attached hydrogens (tertiary/aromatic N) is 10. The minimum Gasteiger partial charge on any atom is -0.488 e. The van der Waals surface area contributed by atoms with Crippen LogP contribution in [0.25, 0.3) is 89.7 Å². The van der Waals surface area contributed by atoms with Gasteiger partial charge in [-0.05, 0) is 72.8 Å². The second-order valence-electron chi connectivity index (χ2n) is 21.9.